The molecule has 20 heavy (non-hydrogen) atoms. The number of ether oxygens (including phenoxy) is 2. The first-order valence-electron chi connectivity index (χ1n) is 7.60. The minimum Gasteiger partial charge on any atom is -0.497 e. The van der Waals surface area contributed by atoms with Crippen LogP contribution in [0.1, 0.15) is 50.8 Å². The lowest BCUT2D eigenvalue weighted by Crippen LogP contribution is -2.40. The number of hydrogen-bond donors (Lipinski definition) is 1. The van der Waals surface area contributed by atoms with Crippen molar-refractivity contribution in [3.63, 3.8) is 0 Å². The quantitative estimate of drug-likeness (QED) is 0.863. The molecule has 1 unspecified atom stereocenters. The van der Waals surface area contributed by atoms with Gasteiger partial charge in [0.2, 0.25) is 0 Å². The van der Waals surface area contributed by atoms with Gasteiger partial charge in [0, 0.05) is 19.2 Å². The van der Waals surface area contributed by atoms with Crippen LogP contribution in [-0.2, 0) is 11.2 Å². The summed E-state index contributed by atoms with van der Waals surface area (Å²) in [7, 11) is 1.73. The van der Waals surface area contributed by atoms with Gasteiger partial charge >= 0.3 is 0 Å². The van der Waals surface area contributed by atoms with Gasteiger partial charge in [0.05, 0.1) is 12.7 Å². The zero-order chi connectivity index (χ0) is 14.6. The smallest absolute Gasteiger partial charge is 0.119 e. The van der Waals surface area contributed by atoms with Gasteiger partial charge in [-0.25, -0.2) is 0 Å². The van der Waals surface area contributed by atoms with Gasteiger partial charge in [-0.2, -0.15) is 0 Å². The van der Waals surface area contributed by atoms with Crippen LogP contribution in [0.3, 0.4) is 0 Å². The predicted octanol–water partition coefficient (Wildman–Crippen LogP) is 3.48. The fourth-order valence-corrected chi connectivity index (χ4v) is 2.93. The molecule has 0 fully saturated rings. The minimum absolute atomic E-state index is 0.120. The van der Waals surface area contributed by atoms with Crippen molar-refractivity contribution in [2.75, 3.05) is 20.3 Å². The maximum absolute atomic E-state index is 5.77. The van der Waals surface area contributed by atoms with Crippen LogP contribution in [0.15, 0.2) is 18.2 Å². The van der Waals surface area contributed by atoms with E-state index in [1.54, 1.807) is 7.11 Å². The molecule has 112 valence electrons. The Labute approximate surface area is 122 Å². The number of aryl methyl sites for hydroxylation is 1. The van der Waals surface area contributed by atoms with Crippen molar-refractivity contribution in [3.05, 3.63) is 29.3 Å². The Hall–Kier alpha value is -1.06. The summed E-state index contributed by atoms with van der Waals surface area (Å²) >= 11 is 0. The number of rotatable bonds is 6. The molecule has 1 N–H and O–H groups in total. The molecule has 1 atom stereocenters. The van der Waals surface area contributed by atoms with Gasteiger partial charge in [-0.3, -0.25) is 0 Å². The third-order valence-corrected chi connectivity index (χ3v) is 3.98. The van der Waals surface area contributed by atoms with Gasteiger partial charge in [-0.1, -0.05) is 6.07 Å². The number of hydrogen-bond acceptors (Lipinski definition) is 3. The normalized spacial score (nSPS) is 18.7. The summed E-state index contributed by atoms with van der Waals surface area (Å²) in [5.41, 5.74) is 2.72. The number of benzene rings is 1. The molecule has 0 spiro atoms. The Kier molecular flexibility index (Phi) is 5.06. The first kappa shape index (κ1) is 15.3. The molecule has 0 radical (unpaired) electrons. The highest BCUT2D eigenvalue weighted by molar-refractivity contribution is 5.39. The molecule has 0 saturated carbocycles. The van der Waals surface area contributed by atoms with E-state index < -0.39 is 0 Å². The topological polar surface area (TPSA) is 30.5 Å². The molecule has 1 aromatic rings. The molecule has 1 aliphatic rings. The molecular weight excluding hydrogens is 250 g/mol. The van der Waals surface area contributed by atoms with E-state index in [-0.39, 0.29) is 5.60 Å². The van der Waals surface area contributed by atoms with Crippen molar-refractivity contribution in [2.24, 2.45) is 0 Å². The first-order chi connectivity index (χ1) is 9.55. The van der Waals surface area contributed by atoms with Crippen LogP contribution in [0.25, 0.3) is 0 Å². The third-order valence-electron chi connectivity index (χ3n) is 3.98. The molecule has 3 nitrogen and oxygen atoms in total. The zero-order valence-electron chi connectivity index (χ0n) is 13.2. The highest BCUT2D eigenvalue weighted by atomic mass is 16.5. The summed E-state index contributed by atoms with van der Waals surface area (Å²) in [5, 5.41) is 3.67. The number of nitrogens with one attached hydrogen (secondary N) is 1. The van der Waals surface area contributed by atoms with E-state index in [1.165, 1.54) is 30.4 Å². The van der Waals surface area contributed by atoms with Crippen molar-refractivity contribution in [3.8, 4) is 5.75 Å². The molecule has 2 rings (SSSR count). The maximum Gasteiger partial charge on any atom is 0.119 e. The van der Waals surface area contributed by atoms with Crippen molar-refractivity contribution in [1.82, 2.24) is 5.32 Å². The van der Waals surface area contributed by atoms with E-state index >= 15 is 0 Å². The predicted molar refractivity (Wildman–Crippen MR) is 82.4 cm³/mol. The molecule has 0 heterocycles. The molecule has 0 aliphatic heterocycles. The number of methoxy groups -OCH3 is 1. The summed E-state index contributed by atoms with van der Waals surface area (Å²) in [5.74, 6) is 0.946. The Morgan fingerprint density at radius 3 is 2.85 bits per heavy atom. The first-order valence-corrected chi connectivity index (χ1v) is 7.60. The highest BCUT2D eigenvalue weighted by Gasteiger charge is 2.24. The Morgan fingerprint density at radius 1 is 1.35 bits per heavy atom. The van der Waals surface area contributed by atoms with Crippen LogP contribution in [0.5, 0.6) is 5.75 Å². The van der Waals surface area contributed by atoms with E-state index in [1.807, 2.05) is 6.92 Å². The van der Waals surface area contributed by atoms with Gasteiger partial charge in [0.15, 0.2) is 0 Å². The molecular formula is C17H27NO2. The van der Waals surface area contributed by atoms with Gasteiger partial charge in [0.1, 0.15) is 5.75 Å². The Morgan fingerprint density at radius 2 is 2.15 bits per heavy atom. The summed E-state index contributed by atoms with van der Waals surface area (Å²) in [4.78, 5) is 0. The largest absolute Gasteiger partial charge is 0.497 e. The van der Waals surface area contributed by atoms with Crippen molar-refractivity contribution in [1.29, 1.82) is 0 Å². The van der Waals surface area contributed by atoms with E-state index in [2.05, 4.69) is 37.4 Å². The third kappa shape index (κ3) is 3.74. The lowest BCUT2D eigenvalue weighted by Gasteiger charge is -2.31. The molecule has 0 saturated heterocycles. The summed E-state index contributed by atoms with van der Waals surface area (Å²) in [6, 6.07) is 6.86. The SMILES string of the molecule is CCOC(C)(C)CNC1CCCc2ccc(OC)cc21. The second-order valence-electron chi connectivity index (χ2n) is 6.08. The average Bonchev–Trinajstić information content (AvgIpc) is 2.44. The fraction of sp³-hybridized carbons (Fsp3) is 0.647. The molecule has 1 aliphatic carbocycles. The van der Waals surface area contributed by atoms with Crippen molar-refractivity contribution in [2.45, 2.75) is 51.7 Å². The molecule has 0 aromatic heterocycles. The summed E-state index contributed by atoms with van der Waals surface area (Å²) < 4.78 is 11.1. The Bertz CT molecular complexity index is 443. The van der Waals surface area contributed by atoms with Crippen LogP contribution in [0.2, 0.25) is 0 Å². The van der Waals surface area contributed by atoms with Gasteiger partial charge in [-0.15, -0.1) is 0 Å². The van der Waals surface area contributed by atoms with E-state index in [0.717, 1.165) is 18.9 Å². The summed E-state index contributed by atoms with van der Waals surface area (Å²) in [6.45, 7) is 7.94. The van der Waals surface area contributed by atoms with E-state index in [4.69, 9.17) is 9.47 Å². The minimum atomic E-state index is -0.120. The molecule has 0 amide bonds. The molecule has 1 aromatic carbocycles. The highest BCUT2D eigenvalue weighted by Crippen LogP contribution is 2.32. The Balaban J connectivity index is 2.08. The van der Waals surface area contributed by atoms with Crippen LogP contribution in [0.4, 0.5) is 0 Å². The zero-order valence-corrected chi connectivity index (χ0v) is 13.2. The number of fused-ring (bicyclic) bond motifs is 1. The molecule has 3 heteroatoms. The van der Waals surface area contributed by atoms with E-state index in [0.29, 0.717) is 6.04 Å². The second-order valence-corrected chi connectivity index (χ2v) is 6.08. The lowest BCUT2D eigenvalue weighted by atomic mass is 9.87. The summed E-state index contributed by atoms with van der Waals surface area (Å²) in [6.07, 6.45) is 3.60. The molecule has 0 bridgehead atoms. The van der Waals surface area contributed by atoms with Crippen molar-refractivity contribution < 1.29 is 9.47 Å². The van der Waals surface area contributed by atoms with Crippen LogP contribution in [0, 0.1) is 0 Å². The van der Waals surface area contributed by atoms with E-state index in [9.17, 15) is 0 Å². The lowest BCUT2D eigenvalue weighted by molar-refractivity contribution is -0.0109. The van der Waals surface area contributed by atoms with Gasteiger partial charge in [0.25, 0.3) is 0 Å². The maximum atomic E-state index is 5.77. The standard InChI is InChI=1S/C17H27NO2/c1-5-20-17(2,3)12-18-16-8-6-7-13-9-10-14(19-4)11-15(13)16/h9-11,16,18H,5-8,12H2,1-4H3. The second kappa shape index (κ2) is 6.59. The van der Waals surface area contributed by atoms with Crippen LogP contribution >= 0.6 is 0 Å². The van der Waals surface area contributed by atoms with Crippen LogP contribution < -0.4 is 10.1 Å². The monoisotopic (exact) mass is 277 g/mol. The van der Waals surface area contributed by atoms with Gasteiger partial charge < -0.3 is 14.8 Å². The van der Waals surface area contributed by atoms with Gasteiger partial charge in [-0.05, 0) is 63.3 Å². The average molecular weight is 277 g/mol. The van der Waals surface area contributed by atoms with Crippen molar-refractivity contribution >= 4 is 0 Å². The van der Waals surface area contributed by atoms with Crippen LogP contribution in [-0.4, -0.2) is 25.9 Å². The fourth-order valence-electron chi connectivity index (χ4n) is 2.93.